The van der Waals surface area contributed by atoms with Crippen molar-refractivity contribution in [2.45, 2.75) is 19.9 Å². The van der Waals surface area contributed by atoms with Crippen molar-refractivity contribution in [1.82, 2.24) is 0 Å². The van der Waals surface area contributed by atoms with E-state index in [1.165, 1.54) is 0 Å². The molecular weight excluding hydrogens is 307 g/mol. The van der Waals surface area contributed by atoms with E-state index in [1.54, 1.807) is 25.1 Å². The van der Waals surface area contributed by atoms with Crippen LogP contribution in [-0.4, -0.2) is 11.9 Å². The minimum absolute atomic E-state index is 0.144. The van der Waals surface area contributed by atoms with Gasteiger partial charge in [0.15, 0.2) is 0 Å². The van der Waals surface area contributed by atoms with Crippen LogP contribution in [0, 0.1) is 6.92 Å². The number of nitrogens with one attached hydrogen (secondary N) is 2. The van der Waals surface area contributed by atoms with Gasteiger partial charge in [0.1, 0.15) is 6.04 Å². The Morgan fingerprint density at radius 2 is 1.76 bits per heavy atom. The zero-order valence-electron chi connectivity index (χ0n) is 11.8. The Kier molecular flexibility index (Phi) is 5.10. The van der Waals surface area contributed by atoms with Crippen LogP contribution in [0.3, 0.4) is 0 Å². The maximum Gasteiger partial charge on any atom is 0.246 e. The molecule has 3 nitrogen and oxygen atoms in total. The lowest BCUT2D eigenvalue weighted by molar-refractivity contribution is -0.116. The largest absolute Gasteiger partial charge is 0.373 e. The molecule has 5 heteroatoms. The summed E-state index contributed by atoms with van der Waals surface area (Å²) in [6.45, 7) is 3.76. The van der Waals surface area contributed by atoms with E-state index in [-0.39, 0.29) is 5.91 Å². The van der Waals surface area contributed by atoms with E-state index < -0.39 is 6.04 Å². The number of hydrogen-bond donors (Lipinski definition) is 2. The second-order valence-electron chi connectivity index (χ2n) is 4.82. The molecule has 21 heavy (non-hydrogen) atoms. The van der Waals surface area contributed by atoms with Gasteiger partial charge in [0, 0.05) is 5.69 Å². The molecule has 0 radical (unpaired) electrons. The lowest BCUT2D eigenvalue weighted by Crippen LogP contribution is -2.31. The van der Waals surface area contributed by atoms with Crippen molar-refractivity contribution in [3.05, 3.63) is 58.1 Å². The number of anilines is 2. The van der Waals surface area contributed by atoms with Gasteiger partial charge >= 0.3 is 0 Å². The Morgan fingerprint density at radius 1 is 1.10 bits per heavy atom. The highest BCUT2D eigenvalue weighted by molar-refractivity contribution is 6.43. The average Bonchev–Trinajstić information content (AvgIpc) is 2.46. The van der Waals surface area contributed by atoms with Gasteiger partial charge in [-0.15, -0.1) is 0 Å². The zero-order valence-corrected chi connectivity index (χ0v) is 13.3. The lowest BCUT2D eigenvalue weighted by atomic mass is 10.2. The number of amides is 1. The first-order valence-corrected chi connectivity index (χ1v) is 7.31. The topological polar surface area (TPSA) is 41.1 Å². The highest BCUT2D eigenvalue weighted by Crippen LogP contribution is 2.30. The molecule has 0 aromatic heterocycles. The number of hydrogen-bond acceptors (Lipinski definition) is 2. The van der Waals surface area contributed by atoms with Crippen LogP contribution in [0.5, 0.6) is 0 Å². The highest BCUT2D eigenvalue weighted by atomic mass is 35.5. The first kappa shape index (κ1) is 15.7. The Hall–Kier alpha value is -1.71. The van der Waals surface area contributed by atoms with E-state index in [4.69, 9.17) is 23.2 Å². The Bertz CT molecular complexity index is 641. The molecule has 1 unspecified atom stereocenters. The van der Waals surface area contributed by atoms with E-state index in [1.807, 2.05) is 31.2 Å². The molecule has 0 heterocycles. The Labute approximate surface area is 134 Å². The van der Waals surface area contributed by atoms with Crippen molar-refractivity contribution in [2.75, 3.05) is 10.6 Å². The number of carbonyl (C=O) groups excluding carboxylic acids is 1. The van der Waals surface area contributed by atoms with Crippen LogP contribution in [0.1, 0.15) is 12.5 Å². The van der Waals surface area contributed by atoms with E-state index in [9.17, 15) is 4.79 Å². The fourth-order valence-electron chi connectivity index (χ4n) is 1.80. The molecular formula is C16H16Cl2N2O. The van der Waals surface area contributed by atoms with Crippen LogP contribution in [0.25, 0.3) is 0 Å². The van der Waals surface area contributed by atoms with Gasteiger partial charge in [0.2, 0.25) is 5.91 Å². The molecule has 2 aromatic carbocycles. The first-order chi connectivity index (χ1) is 9.97. The van der Waals surface area contributed by atoms with Crippen molar-refractivity contribution in [3.8, 4) is 0 Å². The fraction of sp³-hybridized carbons (Fsp3) is 0.188. The molecule has 0 spiro atoms. The fourth-order valence-corrected chi connectivity index (χ4v) is 2.16. The molecule has 1 amide bonds. The standard InChI is InChI=1S/C16H16Cl2N2O/c1-10-6-8-12(9-7-10)20-16(21)11(2)19-14-5-3-4-13(17)15(14)18/h3-9,11,19H,1-2H3,(H,20,21). The minimum atomic E-state index is -0.442. The van der Waals surface area contributed by atoms with Gasteiger partial charge in [-0.25, -0.2) is 0 Å². The molecule has 0 bridgehead atoms. The maximum absolute atomic E-state index is 12.1. The summed E-state index contributed by atoms with van der Waals surface area (Å²) in [5.41, 5.74) is 2.54. The summed E-state index contributed by atoms with van der Waals surface area (Å²) in [7, 11) is 0. The van der Waals surface area contributed by atoms with Crippen LogP contribution < -0.4 is 10.6 Å². The van der Waals surface area contributed by atoms with Crippen LogP contribution >= 0.6 is 23.2 Å². The molecule has 2 N–H and O–H groups in total. The summed E-state index contributed by atoms with van der Waals surface area (Å²) < 4.78 is 0. The second kappa shape index (κ2) is 6.83. The van der Waals surface area contributed by atoms with Crippen LogP contribution in [0.15, 0.2) is 42.5 Å². The zero-order chi connectivity index (χ0) is 15.4. The van der Waals surface area contributed by atoms with Crippen LogP contribution in [-0.2, 0) is 4.79 Å². The van der Waals surface area contributed by atoms with Gasteiger partial charge in [-0.1, -0.05) is 47.0 Å². The van der Waals surface area contributed by atoms with E-state index in [0.29, 0.717) is 15.7 Å². The third-order valence-electron chi connectivity index (χ3n) is 3.04. The van der Waals surface area contributed by atoms with Crippen molar-refractivity contribution >= 4 is 40.5 Å². The first-order valence-electron chi connectivity index (χ1n) is 6.55. The molecule has 0 fully saturated rings. The number of carbonyl (C=O) groups is 1. The van der Waals surface area contributed by atoms with E-state index in [0.717, 1.165) is 11.3 Å². The SMILES string of the molecule is Cc1ccc(NC(=O)C(C)Nc2cccc(Cl)c2Cl)cc1. The highest BCUT2D eigenvalue weighted by Gasteiger charge is 2.14. The third kappa shape index (κ3) is 4.13. The number of halogens is 2. The molecule has 2 rings (SSSR count). The smallest absolute Gasteiger partial charge is 0.246 e. The predicted molar refractivity (Wildman–Crippen MR) is 89.4 cm³/mol. The Balaban J connectivity index is 2.02. The minimum Gasteiger partial charge on any atom is -0.373 e. The number of aryl methyl sites for hydroxylation is 1. The molecule has 0 saturated heterocycles. The summed E-state index contributed by atoms with van der Waals surface area (Å²) >= 11 is 12.0. The monoisotopic (exact) mass is 322 g/mol. The summed E-state index contributed by atoms with van der Waals surface area (Å²) in [6, 6.07) is 12.4. The molecule has 2 aromatic rings. The molecule has 0 aliphatic carbocycles. The van der Waals surface area contributed by atoms with Crippen molar-refractivity contribution < 1.29 is 4.79 Å². The number of rotatable bonds is 4. The van der Waals surface area contributed by atoms with Crippen LogP contribution in [0.4, 0.5) is 11.4 Å². The Morgan fingerprint density at radius 3 is 2.43 bits per heavy atom. The van der Waals surface area contributed by atoms with E-state index >= 15 is 0 Å². The molecule has 110 valence electrons. The van der Waals surface area contributed by atoms with Gasteiger partial charge in [0.25, 0.3) is 0 Å². The van der Waals surface area contributed by atoms with Crippen molar-refractivity contribution in [3.63, 3.8) is 0 Å². The summed E-state index contributed by atoms with van der Waals surface area (Å²) in [4.78, 5) is 12.1. The van der Waals surface area contributed by atoms with Gasteiger partial charge < -0.3 is 10.6 Å². The molecule has 1 atom stereocenters. The third-order valence-corrected chi connectivity index (χ3v) is 3.85. The summed E-state index contributed by atoms with van der Waals surface area (Å²) in [6.07, 6.45) is 0. The average molecular weight is 323 g/mol. The van der Waals surface area contributed by atoms with Crippen molar-refractivity contribution in [1.29, 1.82) is 0 Å². The number of benzene rings is 2. The summed E-state index contributed by atoms with van der Waals surface area (Å²) in [5, 5.41) is 6.76. The van der Waals surface area contributed by atoms with Gasteiger partial charge in [-0.3, -0.25) is 4.79 Å². The maximum atomic E-state index is 12.1. The van der Waals surface area contributed by atoms with Gasteiger partial charge in [0.05, 0.1) is 15.7 Å². The van der Waals surface area contributed by atoms with Gasteiger partial charge in [-0.2, -0.15) is 0 Å². The molecule has 0 saturated carbocycles. The second-order valence-corrected chi connectivity index (χ2v) is 5.61. The van der Waals surface area contributed by atoms with Crippen LogP contribution in [0.2, 0.25) is 10.0 Å². The molecule has 0 aliphatic rings. The normalized spacial score (nSPS) is 11.8. The predicted octanol–water partition coefficient (Wildman–Crippen LogP) is 4.74. The van der Waals surface area contributed by atoms with Crippen molar-refractivity contribution in [2.24, 2.45) is 0 Å². The molecule has 0 aliphatic heterocycles. The van der Waals surface area contributed by atoms with E-state index in [2.05, 4.69) is 10.6 Å². The van der Waals surface area contributed by atoms with Gasteiger partial charge in [-0.05, 0) is 38.1 Å². The quantitative estimate of drug-likeness (QED) is 0.853. The summed E-state index contributed by atoms with van der Waals surface area (Å²) in [5.74, 6) is -0.144. The lowest BCUT2D eigenvalue weighted by Gasteiger charge is -2.16.